The van der Waals surface area contributed by atoms with E-state index in [1.54, 1.807) is 0 Å². The molecule has 1 rings (SSSR count). The van der Waals surface area contributed by atoms with Crippen molar-refractivity contribution in [2.75, 3.05) is 19.0 Å². The number of nitrogens with one attached hydrogen (secondary N) is 1. The number of hydrogen-bond acceptors (Lipinski definition) is 4. The van der Waals surface area contributed by atoms with E-state index in [0.29, 0.717) is 6.07 Å². The quantitative estimate of drug-likeness (QED) is 0.818. The molecule has 1 aromatic rings. The number of esters is 1. The summed E-state index contributed by atoms with van der Waals surface area (Å²) in [6.45, 7) is 0.784. The van der Waals surface area contributed by atoms with Crippen LogP contribution in [0.3, 0.4) is 0 Å². The Hall–Kier alpha value is -1.98. The first-order chi connectivity index (χ1) is 7.95. The third-order valence-corrected chi connectivity index (χ3v) is 1.93. The van der Waals surface area contributed by atoms with Crippen molar-refractivity contribution < 1.29 is 23.1 Å². The third-order valence-electron chi connectivity index (χ3n) is 1.93. The van der Waals surface area contributed by atoms with Gasteiger partial charge in [-0.3, -0.25) is 4.79 Å². The molecule has 1 N–H and O–H groups in total. The van der Waals surface area contributed by atoms with E-state index in [9.17, 15) is 18.4 Å². The zero-order chi connectivity index (χ0) is 13.0. The monoisotopic (exact) mass is 243 g/mol. The summed E-state index contributed by atoms with van der Waals surface area (Å²) >= 11 is 0. The van der Waals surface area contributed by atoms with Gasteiger partial charge in [-0.2, -0.15) is 0 Å². The van der Waals surface area contributed by atoms with Gasteiger partial charge in [-0.1, -0.05) is 0 Å². The van der Waals surface area contributed by atoms with Crippen molar-refractivity contribution in [3.8, 4) is 0 Å². The molecule has 1 aromatic carbocycles. The number of ether oxygens (including phenoxy) is 1. The molecule has 0 aliphatic rings. The van der Waals surface area contributed by atoms with Crippen molar-refractivity contribution >= 4 is 17.4 Å². The Bertz CT molecular complexity index is 460. The van der Waals surface area contributed by atoms with Crippen molar-refractivity contribution in [1.29, 1.82) is 0 Å². The Morgan fingerprint density at radius 1 is 1.35 bits per heavy atom. The number of Topliss-reactive ketones (excluding diaryl/α,β-unsaturated/α-hetero) is 1. The van der Waals surface area contributed by atoms with Crippen LogP contribution in [0.25, 0.3) is 0 Å². The van der Waals surface area contributed by atoms with Crippen molar-refractivity contribution in [2.24, 2.45) is 0 Å². The maximum Gasteiger partial charge on any atom is 0.343 e. The summed E-state index contributed by atoms with van der Waals surface area (Å²) in [7, 11) is 1.41. The van der Waals surface area contributed by atoms with E-state index in [4.69, 9.17) is 0 Å². The summed E-state index contributed by atoms with van der Waals surface area (Å²) in [6.07, 6.45) is 0. The van der Waals surface area contributed by atoms with Gasteiger partial charge in [0.1, 0.15) is 23.8 Å². The molecule has 0 aromatic heterocycles. The highest BCUT2D eigenvalue weighted by Gasteiger charge is 2.19. The standard InChI is InChI=1S/C11H11F2NO3/c1-6(15)5-17-11(16)10-8(13)3-7(12)4-9(10)14-2/h3-4,14H,5H2,1-2H3. The molecular formula is C11H11F2NO3. The van der Waals surface area contributed by atoms with Crippen LogP contribution >= 0.6 is 0 Å². The Morgan fingerprint density at radius 2 is 2.00 bits per heavy atom. The largest absolute Gasteiger partial charge is 0.454 e. The zero-order valence-corrected chi connectivity index (χ0v) is 9.34. The van der Waals surface area contributed by atoms with Gasteiger partial charge in [0.25, 0.3) is 0 Å². The molecule has 0 aliphatic heterocycles. The van der Waals surface area contributed by atoms with Crippen LogP contribution in [0.4, 0.5) is 14.5 Å². The molecule has 0 aliphatic carbocycles. The van der Waals surface area contributed by atoms with Crippen molar-refractivity contribution in [1.82, 2.24) is 0 Å². The van der Waals surface area contributed by atoms with Gasteiger partial charge in [-0.15, -0.1) is 0 Å². The summed E-state index contributed by atoms with van der Waals surface area (Å²) < 4.78 is 30.9. The summed E-state index contributed by atoms with van der Waals surface area (Å²) in [4.78, 5) is 22.1. The second-order valence-corrected chi connectivity index (χ2v) is 3.34. The van der Waals surface area contributed by atoms with E-state index in [1.165, 1.54) is 14.0 Å². The maximum absolute atomic E-state index is 13.4. The Morgan fingerprint density at radius 3 is 2.53 bits per heavy atom. The van der Waals surface area contributed by atoms with E-state index >= 15 is 0 Å². The molecule has 0 saturated carbocycles. The van der Waals surface area contributed by atoms with Crippen LogP contribution in [0.2, 0.25) is 0 Å². The molecule has 0 amide bonds. The van der Waals surface area contributed by atoms with Crippen LogP contribution in [0.5, 0.6) is 0 Å². The zero-order valence-electron chi connectivity index (χ0n) is 9.34. The minimum Gasteiger partial charge on any atom is -0.454 e. The smallest absolute Gasteiger partial charge is 0.343 e. The summed E-state index contributed by atoms with van der Waals surface area (Å²) in [5.41, 5.74) is -0.453. The number of hydrogen-bond donors (Lipinski definition) is 1. The molecule has 0 atom stereocenters. The van der Waals surface area contributed by atoms with Crippen molar-refractivity contribution in [3.05, 3.63) is 29.3 Å². The molecule has 17 heavy (non-hydrogen) atoms. The van der Waals surface area contributed by atoms with Gasteiger partial charge < -0.3 is 10.1 Å². The highest BCUT2D eigenvalue weighted by atomic mass is 19.1. The van der Waals surface area contributed by atoms with E-state index in [1.807, 2.05) is 0 Å². The number of carbonyl (C=O) groups excluding carboxylic acids is 2. The predicted molar refractivity (Wildman–Crippen MR) is 56.9 cm³/mol. The molecule has 0 fully saturated rings. The lowest BCUT2D eigenvalue weighted by molar-refractivity contribution is -0.120. The third kappa shape index (κ3) is 3.24. The molecule has 0 radical (unpaired) electrons. The fraction of sp³-hybridized carbons (Fsp3) is 0.273. The first-order valence-electron chi connectivity index (χ1n) is 4.79. The van der Waals surface area contributed by atoms with Gasteiger partial charge in [-0.25, -0.2) is 13.6 Å². The van der Waals surface area contributed by atoms with Crippen LogP contribution in [0.15, 0.2) is 12.1 Å². The molecule has 92 valence electrons. The molecule has 0 heterocycles. The first kappa shape index (κ1) is 13.1. The first-order valence-corrected chi connectivity index (χ1v) is 4.79. The lowest BCUT2D eigenvalue weighted by Crippen LogP contribution is -2.15. The minimum atomic E-state index is -1.04. The number of halogens is 2. The van der Waals surface area contributed by atoms with Crippen LogP contribution in [0.1, 0.15) is 17.3 Å². The highest BCUT2D eigenvalue weighted by Crippen LogP contribution is 2.21. The van der Waals surface area contributed by atoms with Crippen molar-refractivity contribution in [2.45, 2.75) is 6.92 Å². The van der Waals surface area contributed by atoms with Gasteiger partial charge in [0, 0.05) is 13.1 Å². The second kappa shape index (κ2) is 5.38. The van der Waals surface area contributed by atoms with E-state index in [2.05, 4.69) is 10.1 Å². The normalized spacial score (nSPS) is 9.88. The molecule has 4 nitrogen and oxygen atoms in total. The van der Waals surface area contributed by atoms with Crippen LogP contribution < -0.4 is 5.32 Å². The second-order valence-electron chi connectivity index (χ2n) is 3.34. The highest BCUT2D eigenvalue weighted by molar-refractivity contribution is 5.97. The fourth-order valence-electron chi connectivity index (χ4n) is 1.22. The maximum atomic E-state index is 13.4. The average molecular weight is 243 g/mol. The Kier molecular flexibility index (Phi) is 4.14. The van der Waals surface area contributed by atoms with Crippen LogP contribution in [-0.2, 0) is 9.53 Å². The average Bonchev–Trinajstić information content (AvgIpc) is 2.24. The van der Waals surface area contributed by atoms with Gasteiger partial charge in [-0.05, 0) is 13.0 Å². The SMILES string of the molecule is CNc1cc(F)cc(F)c1C(=O)OCC(C)=O. The molecule has 6 heteroatoms. The van der Waals surface area contributed by atoms with Gasteiger partial charge in [0.2, 0.25) is 0 Å². The molecule has 0 spiro atoms. The Labute approximate surface area is 96.6 Å². The lowest BCUT2D eigenvalue weighted by atomic mass is 10.1. The van der Waals surface area contributed by atoms with Gasteiger partial charge in [0.05, 0.1) is 5.69 Å². The molecule has 0 unspecified atom stereocenters. The summed E-state index contributed by atoms with van der Waals surface area (Å²) in [5.74, 6) is -3.23. The number of carbonyl (C=O) groups is 2. The fourth-order valence-corrected chi connectivity index (χ4v) is 1.22. The molecular weight excluding hydrogens is 232 g/mol. The number of benzene rings is 1. The van der Waals surface area contributed by atoms with Crippen LogP contribution in [0, 0.1) is 11.6 Å². The summed E-state index contributed by atoms with van der Waals surface area (Å²) in [6, 6.07) is 1.54. The lowest BCUT2D eigenvalue weighted by Gasteiger charge is -2.09. The van der Waals surface area contributed by atoms with Crippen LogP contribution in [-0.4, -0.2) is 25.4 Å². The van der Waals surface area contributed by atoms with Gasteiger partial charge in [0.15, 0.2) is 5.78 Å². The topological polar surface area (TPSA) is 55.4 Å². The minimum absolute atomic E-state index is 0.0314. The number of rotatable bonds is 4. The van der Waals surface area contributed by atoms with E-state index < -0.39 is 29.8 Å². The predicted octanol–water partition coefficient (Wildman–Crippen LogP) is 1.75. The molecule has 0 bridgehead atoms. The van der Waals surface area contributed by atoms with E-state index in [-0.39, 0.29) is 11.5 Å². The number of anilines is 1. The number of ketones is 1. The van der Waals surface area contributed by atoms with Crippen molar-refractivity contribution in [3.63, 3.8) is 0 Å². The van der Waals surface area contributed by atoms with Gasteiger partial charge >= 0.3 is 5.97 Å². The van der Waals surface area contributed by atoms with E-state index in [0.717, 1.165) is 6.07 Å². The molecule has 0 saturated heterocycles. The summed E-state index contributed by atoms with van der Waals surface area (Å²) in [5, 5.41) is 2.48. The Balaban J connectivity index is 3.03.